The number of hydrogen-bond acceptors (Lipinski definition) is 5. The first-order valence-corrected chi connectivity index (χ1v) is 7.14. The molecule has 0 aliphatic rings. The molecule has 0 aliphatic heterocycles. The van der Waals surface area contributed by atoms with E-state index in [1.54, 1.807) is 7.11 Å². The van der Waals surface area contributed by atoms with E-state index in [-0.39, 0.29) is 0 Å². The van der Waals surface area contributed by atoms with Crippen molar-refractivity contribution in [2.75, 3.05) is 19.1 Å². The van der Waals surface area contributed by atoms with Gasteiger partial charge in [-0.05, 0) is 19.9 Å². The standard InChI is InChI=1S/C15H20N6O/c1-10-6-15(21-14(16-10)5-11(2)19-21)20(3)8-12-7-13(9-22-4)18-17-12/h5-7H,8-9H2,1-4H3,(H,17,18). The molecule has 7 nitrogen and oxygen atoms in total. The van der Waals surface area contributed by atoms with Gasteiger partial charge >= 0.3 is 0 Å². The summed E-state index contributed by atoms with van der Waals surface area (Å²) in [7, 11) is 3.69. The van der Waals surface area contributed by atoms with Gasteiger partial charge in [0.15, 0.2) is 5.65 Å². The fourth-order valence-electron chi connectivity index (χ4n) is 2.52. The van der Waals surface area contributed by atoms with E-state index >= 15 is 0 Å². The summed E-state index contributed by atoms with van der Waals surface area (Å²) in [4.78, 5) is 6.64. The number of ether oxygens (including phenoxy) is 1. The Morgan fingerprint density at radius 1 is 1.23 bits per heavy atom. The number of anilines is 1. The molecule has 0 bridgehead atoms. The van der Waals surface area contributed by atoms with Crippen LogP contribution in [0.5, 0.6) is 0 Å². The second kappa shape index (κ2) is 5.76. The summed E-state index contributed by atoms with van der Waals surface area (Å²) < 4.78 is 6.96. The van der Waals surface area contributed by atoms with E-state index in [1.165, 1.54) is 0 Å². The third-order valence-electron chi connectivity index (χ3n) is 3.43. The summed E-state index contributed by atoms with van der Waals surface area (Å²) in [6, 6.07) is 6.03. The highest BCUT2D eigenvalue weighted by Gasteiger charge is 2.12. The Balaban J connectivity index is 1.89. The van der Waals surface area contributed by atoms with Crippen LogP contribution in [-0.4, -0.2) is 39.0 Å². The summed E-state index contributed by atoms with van der Waals surface area (Å²) in [6.45, 7) is 5.18. The van der Waals surface area contributed by atoms with Gasteiger partial charge in [-0.25, -0.2) is 4.98 Å². The smallest absolute Gasteiger partial charge is 0.157 e. The van der Waals surface area contributed by atoms with E-state index in [0.29, 0.717) is 13.2 Å². The van der Waals surface area contributed by atoms with E-state index in [9.17, 15) is 0 Å². The highest BCUT2D eigenvalue weighted by molar-refractivity contribution is 5.51. The van der Waals surface area contributed by atoms with Crippen molar-refractivity contribution in [2.24, 2.45) is 0 Å². The molecule has 1 N–H and O–H groups in total. The number of rotatable bonds is 5. The number of hydrogen-bond donors (Lipinski definition) is 1. The lowest BCUT2D eigenvalue weighted by Crippen LogP contribution is -2.20. The molecule has 0 aromatic carbocycles. The zero-order chi connectivity index (χ0) is 15.7. The van der Waals surface area contributed by atoms with Crippen LogP contribution in [0.25, 0.3) is 5.65 Å². The highest BCUT2D eigenvalue weighted by atomic mass is 16.5. The van der Waals surface area contributed by atoms with Gasteiger partial charge in [0, 0.05) is 32.0 Å². The molecule has 7 heteroatoms. The number of methoxy groups -OCH3 is 1. The molecule has 22 heavy (non-hydrogen) atoms. The number of aryl methyl sites for hydroxylation is 2. The normalized spacial score (nSPS) is 11.3. The van der Waals surface area contributed by atoms with Crippen molar-refractivity contribution >= 4 is 11.5 Å². The van der Waals surface area contributed by atoms with Crippen LogP contribution in [0.3, 0.4) is 0 Å². The predicted molar refractivity (Wildman–Crippen MR) is 83.9 cm³/mol. The van der Waals surface area contributed by atoms with Gasteiger partial charge in [-0.15, -0.1) is 0 Å². The average Bonchev–Trinajstić information content (AvgIpc) is 3.04. The fourth-order valence-corrected chi connectivity index (χ4v) is 2.52. The van der Waals surface area contributed by atoms with Gasteiger partial charge in [0.2, 0.25) is 0 Å². The van der Waals surface area contributed by atoms with Crippen LogP contribution in [0.2, 0.25) is 0 Å². The Kier molecular flexibility index (Phi) is 3.81. The second-order valence-electron chi connectivity index (χ2n) is 5.49. The molecule has 0 atom stereocenters. The van der Waals surface area contributed by atoms with E-state index in [4.69, 9.17) is 4.74 Å². The Morgan fingerprint density at radius 3 is 2.82 bits per heavy atom. The van der Waals surface area contributed by atoms with Crippen LogP contribution < -0.4 is 4.90 Å². The highest BCUT2D eigenvalue weighted by Crippen LogP contribution is 2.18. The largest absolute Gasteiger partial charge is 0.378 e. The molecule has 0 saturated carbocycles. The quantitative estimate of drug-likeness (QED) is 0.778. The van der Waals surface area contributed by atoms with Gasteiger partial charge < -0.3 is 9.64 Å². The Bertz CT molecular complexity index is 791. The van der Waals surface area contributed by atoms with Crippen LogP contribution in [0.4, 0.5) is 5.82 Å². The van der Waals surface area contributed by atoms with Crippen molar-refractivity contribution in [1.29, 1.82) is 0 Å². The Morgan fingerprint density at radius 2 is 2.05 bits per heavy atom. The van der Waals surface area contributed by atoms with Crippen molar-refractivity contribution in [2.45, 2.75) is 27.0 Å². The van der Waals surface area contributed by atoms with Gasteiger partial charge in [-0.2, -0.15) is 14.7 Å². The number of fused-ring (bicyclic) bond motifs is 1. The first-order valence-electron chi connectivity index (χ1n) is 7.14. The molecule has 0 amide bonds. The Labute approximate surface area is 128 Å². The number of H-pyrrole nitrogens is 1. The van der Waals surface area contributed by atoms with Gasteiger partial charge in [-0.3, -0.25) is 5.10 Å². The molecule has 3 rings (SSSR count). The zero-order valence-electron chi connectivity index (χ0n) is 13.3. The SMILES string of the molecule is COCc1cc(CN(C)c2cc(C)nc3cc(C)nn23)[nH]n1. The van der Waals surface area contributed by atoms with Crippen LogP contribution >= 0.6 is 0 Å². The molecule has 116 valence electrons. The predicted octanol–water partition coefficient (Wildman–Crippen LogP) is 1.85. The van der Waals surface area contributed by atoms with Crippen molar-refractivity contribution in [1.82, 2.24) is 24.8 Å². The molecular weight excluding hydrogens is 280 g/mol. The Hall–Kier alpha value is -2.41. The van der Waals surface area contributed by atoms with Gasteiger partial charge in [0.05, 0.1) is 30.2 Å². The summed E-state index contributed by atoms with van der Waals surface area (Å²) in [5.41, 5.74) is 4.72. The summed E-state index contributed by atoms with van der Waals surface area (Å²) >= 11 is 0. The van der Waals surface area contributed by atoms with Crippen LogP contribution in [0.15, 0.2) is 18.2 Å². The van der Waals surface area contributed by atoms with Crippen LogP contribution in [0.1, 0.15) is 22.8 Å². The maximum atomic E-state index is 5.09. The third kappa shape index (κ3) is 2.80. The minimum absolute atomic E-state index is 0.511. The summed E-state index contributed by atoms with van der Waals surface area (Å²) in [5, 5.41) is 11.8. The monoisotopic (exact) mass is 300 g/mol. The van der Waals surface area contributed by atoms with Crippen molar-refractivity contribution < 1.29 is 4.74 Å². The summed E-state index contributed by atoms with van der Waals surface area (Å²) in [6.07, 6.45) is 0. The number of nitrogens with one attached hydrogen (secondary N) is 1. The topological polar surface area (TPSA) is 71.3 Å². The third-order valence-corrected chi connectivity index (χ3v) is 3.43. The van der Waals surface area contributed by atoms with Crippen LogP contribution in [-0.2, 0) is 17.9 Å². The van der Waals surface area contributed by atoms with Crippen molar-refractivity contribution in [3.05, 3.63) is 41.0 Å². The molecule has 0 fully saturated rings. The number of aromatic amines is 1. The van der Waals surface area contributed by atoms with Gasteiger partial charge in [0.1, 0.15) is 5.82 Å². The van der Waals surface area contributed by atoms with Crippen molar-refractivity contribution in [3.8, 4) is 0 Å². The minimum Gasteiger partial charge on any atom is -0.378 e. The molecule has 0 aliphatic carbocycles. The zero-order valence-corrected chi connectivity index (χ0v) is 13.3. The first-order chi connectivity index (χ1) is 10.6. The van der Waals surface area contributed by atoms with E-state index in [0.717, 1.165) is 34.2 Å². The van der Waals surface area contributed by atoms with Gasteiger partial charge in [0.25, 0.3) is 0 Å². The molecule has 0 saturated heterocycles. The van der Waals surface area contributed by atoms with Crippen molar-refractivity contribution in [3.63, 3.8) is 0 Å². The number of nitrogens with zero attached hydrogens (tertiary/aromatic N) is 5. The molecule has 0 spiro atoms. The molecule has 3 aromatic rings. The molecule has 3 aromatic heterocycles. The second-order valence-corrected chi connectivity index (χ2v) is 5.49. The number of aromatic nitrogens is 5. The van der Waals surface area contributed by atoms with Crippen LogP contribution in [0, 0.1) is 13.8 Å². The van der Waals surface area contributed by atoms with E-state index in [1.807, 2.05) is 43.6 Å². The minimum atomic E-state index is 0.511. The lowest BCUT2D eigenvalue weighted by atomic mass is 10.3. The maximum Gasteiger partial charge on any atom is 0.157 e. The van der Waals surface area contributed by atoms with E-state index < -0.39 is 0 Å². The molecule has 3 heterocycles. The molecule has 0 unspecified atom stereocenters. The lowest BCUT2D eigenvalue weighted by Gasteiger charge is -2.19. The maximum absolute atomic E-state index is 5.09. The van der Waals surface area contributed by atoms with E-state index in [2.05, 4.69) is 25.2 Å². The molecular formula is C15H20N6O. The van der Waals surface area contributed by atoms with Gasteiger partial charge in [-0.1, -0.05) is 0 Å². The average molecular weight is 300 g/mol. The first kappa shape index (κ1) is 14.5. The fraction of sp³-hybridized carbons (Fsp3) is 0.400. The summed E-state index contributed by atoms with van der Waals surface area (Å²) in [5.74, 6) is 0.999. The molecule has 0 radical (unpaired) electrons. The lowest BCUT2D eigenvalue weighted by molar-refractivity contribution is 0.181.